The van der Waals surface area contributed by atoms with Gasteiger partial charge in [0, 0.05) is 0 Å². The highest BCUT2D eigenvalue weighted by molar-refractivity contribution is 6.34. The predicted octanol–water partition coefficient (Wildman–Crippen LogP) is 4.63. The Kier molecular flexibility index (Phi) is 5.62. The first kappa shape index (κ1) is 18.5. The van der Waals surface area contributed by atoms with E-state index in [9.17, 15) is 9.59 Å². The van der Waals surface area contributed by atoms with E-state index in [1.165, 1.54) is 17.5 Å². The topological polar surface area (TPSA) is 55.4 Å². The lowest BCUT2D eigenvalue weighted by atomic mass is 9.90. The number of nitrogens with one attached hydrogen (secondary N) is 1. The molecule has 0 unspecified atom stereocenters. The minimum absolute atomic E-state index is 0.348. The van der Waals surface area contributed by atoms with Crippen LogP contribution in [0.4, 0.5) is 5.69 Å². The SMILES string of the molecule is Cc1cc(C)c(NC(=O)COC(=O)c2ccc3c(c2)CCCC3)c(Cl)c1. The largest absolute Gasteiger partial charge is 0.452 e. The van der Waals surface area contributed by atoms with E-state index < -0.39 is 11.9 Å². The van der Waals surface area contributed by atoms with E-state index in [0.29, 0.717) is 16.3 Å². The van der Waals surface area contributed by atoms with Crippen LogP contribution in [0, 0.1) is 13.8 Å². The number of hydrogen-bond acceptors (Lipinski definition) is 3. The highest BCUT2D eigenvalue weighted by Gasteiger charge is 2.16. The number of amides is 1. The van der Waals surface area contributed by atoms with Crippen LogP contribution in [0.1, 0.15) is 45.5 Å². The Bertz CT molecular complexity index is 837. The van der Waals surface area contributed by atoms with Gasteiger partial charge in [-0.1, -0.05) is 23.7 Å². The van der Waals surface area contributed by atoms with Gasteiger partial charge in [0.05, 0.1) is 16.3 Å². The molecule has 0 heterocycles. The summed E-state index contributed by atoms with van der Waals surface area (Å²) in [6, 6.07) is 9.35. The summed E-state index contributed by atoms with van der Waals surface area (Å²) in [7, 11) is 0. The van der Waals surface area contributed by atoms with Crippen LogP contribution in [0.3, 0.4) is 0 Å². The maximum atomic E-state index is 12.2. The molecule has 0 aromatic heterocycles. The molecule has 4 nitrogen and oxygen atoms in total. The van der Waals surface area contributed by atoms with Crippen molar-refractivity contribution in [3.05, 3.63) is 63.2 Å². The zero-order chi connectivity index (χ0) is 18.7. The molecule has 0 spiro atoms. The van der Waals surface area contributed by atoms with Crippen LogP contribution in [-0.4, -0.2) is 18.5 Å². The van der Waals surface area contributed by atoms with Gasteiger partial charge in [-0.05, 0) is 80.0 Å². The molecule has 1 N–H and O–H groups in total. The van der Waals surface area contributed by atoms with Gasteiger partial charge in [-0.25, -0.2) is 4.79 Å². The fourth-order valence-electron chi connectivity index (χ4n) is 3.32. The van der Waals surface area contributed by atoms with Crippen LogP contribution in [0.25, 0.3) is 0 Å². The van der Waals surface area contributed by atoms with Crippen molar-refractivity contribution in [2.24, 2.45) is 0 Å². The summed E-state index contributed by atoms with van der Waals surface area (Å²) in [5.41, 5.74) is 5.43. The first-order chi connectivity index (χ1) is 12.4. The Labute approximate surface area is 158 Å². The average Bonchev–Trinajstić information content (AvgIpc) is 2.62. The summed E-state index contributed by atoms with van der Waals surface area (Å²) in [4.78, 5) is 24.4. The van der Waals surface area contributed by atoms with E-state index in [4.69, 9.17) is 16.3 Å². The van der Waals surface area contributed by atoms with E-state index >= 15 is 0 Å². The van der Waals surface area contributed by atoms with Crippen LogP contribution >= 0.6 is 11.6 Å². The molecule has 0 saturated carbocycles. The maximum Gasteiger partial charge on any atom is 0.338 e. The summed E-state index contributed by atoms with van der Waals surface area (Å²) in [5.74, 6) is -0.898. The predicted molar refractivity (Wildman–Crippen MR) is 103 cm³/mol. The Morgan fingerprint density at radius 3 is 2.54 bits per heavy atom. The molecule has 1 aliphatic carbocycles. The molecular formula is C21H22ClNO3. The van der Waals surface area contributed by atoms with Gasteiger partial charge < -0.3 is 10.1 Å². The van der Waals surface area contributed by atoms with E-state index in [2.05, 4.69) is 5.32 Å². The minimum atomic E-state index is -0.486. The summed E-state index contributed by atoms with van der Waals surface area (Å²) in [6.07, 6.45) is 4.38. The van der Waals surface area contributed by atoms with Gasteiger partial charge in [-0.3, -0.25) is 4.79 Å². The van der Waals surface area contributed by atoms with Gasteiger partial charge in [0.15, 0.2) is 6.61 Å². The highest BCUT2D eigenvalue weighted by atomic mass is 35.5. The van der Waals surface area contributed by atoms with E-state index in [1.54, 1.807) is 12.1 Å². The second-order valence-corrected chi connectivity index (χ2v) is 7.16. The van der Waals surface area contributed by atoms with Gasteiger partial charge in [-0.2, -0.15) is 0 Å². The number of hydrogen-bond donors (Lipinski definition) is 1. The zero-order valence-corrected chi connectivity index (χ0v) is 15.8. The number of rotatable bonds is 4. The van der Waals surface area contributed by atoms with Gasteiger partial charge in [0.2, 0.25) is 0 Å². The number of halogens is 1. The molecule has 0 bridgehead atoms. The van der Waals surface area contributed by atoms with Crippen LogP contribution in [0.5, 0.6) is 0 Å². The van der Waals surface area contributed by atoms with Crippen molar-refractivity contribution in [3.8, 4) is 0 Å². The third kappa shape index (κ3) is 4.25. The lowest BCUT2D eigenvalue weighted by Gasteiger charge is -2.16. The molecule has 0 aliphatic heterocycles. The van der Waals surface area contributed by atoms with Crippen LogP contribution in [0.15, 0.2) is 30.3 Å². The minimum Gasteiger partial charge on any atom is -0.452 e. The Balaban J connectivity index is 1.60. The summed E-state index contributed by atoms with van der Waals surface area (Å²) >= 11 is 6.18. The van der Waals surface area contributed by atoms with Crippen molar-refractivity contribution in [2.45, 2.75) is 39.5 Å². The molecule has 5 heteroatoms. The summed E-state index contributed by atoms with van der Waals surface area (Å²) in [5, 5.41) is 3.18. The summed E-state index contributed by atoms with van der Waals surface area (Å²) in [6.45, 7) is 3.46. The third-order valence-corrected chi connectivity index (χ3v) is 4.91. The Morgan fingerprint density at radius 2 is 1.81 bits per heavy atom. The number of carbonyl (C=O) groups excluding carboxylic acids is 2. The number of ether oxygens (including phenoxy) is 1. The van der Waals surface area contributed by atoms with Crippen LogP contribution in [0.2, 0.25) is 5.02 Å². The molecule has 26 heavy (non-hydrogen) atoms. The highest BCUT2D eigenvalue weighted by Crippen LogP contribution is 2.27. The molecule has 0 fully saturated rings. The molecule has 1 aliphatic rings. The van der Waals surface area contributed by atoms with Crippen molar-refractivity contribution in [2.75, 3.05) is 11.9 Å². The standard InChI is InChI=1S/C21H22ClNO3/c1-13-9-14(2)20(18(22)10-13)23-19(24)12-26-21(25)17-8-7-15-5-3-4-6-16(15)11-17/h7-11H,3-6,12H2,1-2H3,(H,23,24). The van der Waals surface area contributed by atoms with Crippen molar-refractivity contribution in [1.29, 1.82) is 0 Å². The normalized spacial score (nSPS) is 13.0. The van der Waals surface area contributed by atoms with E-state index in [-0.39, 0.29) is 6.61 Å². The van der Waals surface area contributed by atoms with Gasteiger partial charge in [-0.15, -0.1) is 0 Å². The lowest BCUT2D eigenvalue weighted by Crippen LogP contribution is -2.21. The zero-order valence-electron chi connectivity index (χ0n) is 15.0. The molecule has 1 amide bonds. The average molecular weight is 372 g/mol. The molecular weight excluding hydrogens is 350 g/mol. The second kappa shape index (κ2) is 7.92. The fourth-order valence-corrected chi connectivity index (χ4v) is 3.69. The van der Waals surface area contributed by atoms with Crippen molar-refractivity contribution in [3.63, 3.8) is 0 Å². The van der Waals surface area contributed by atoms with Gasteiger partial charge in [0.25, 0.3) is 5.91 Å². The number of esters is 1. The molecule has 0 atom stereocenters. The molecule has 0 radical (unpaired) electrons. The van der Waals surface area contributed by atoms with Crippen LogP contribution in [-0.2, 0) is 22.4 Å². The number of benzene rings is 2. The number of carbonyl (C=O) groups is 2. The fraction of sp³-hybridized carbons (Fsp3) is 0.333. The Morgan fingerprint density at radius 1 is 1.08 bits per heavy atom. The summed E-state index contributed by atoms with van der Waals surface area (Å²) < 4.78 is 5.16. The molecule has 0 saturated heterocycles. The molecule has 136 valence electrons. The third-order valence-electron chi connectivity index (χ3n) is 4.61. The van der Waals surface area contributed by atoms with Crippen molar-refractivity contribution >= 4 is 29.2 Å². The quantitative estimate of drug-likeness (QED) is 0.797. The second-order valence-electron chi connectivity index (χ2n) is 6.75. The molecule has 3 rings (SSSR count). The lowest BCUT2D eigenvalue weighted by molar-refractivity contribution is -0.119. The molecule has 2 aromatic rings. The monoisotopic (exact) mass is 371 g/mol. The molecule has 2 aromatic carbocycles. The number of anilines is 1. The smallest absolute Gasteiger partial charge is 0.338 e. The first-order valence-electron chi connectivity index (χ1n) is 8.79. The van der Waals surface area contributed by atoms with Crippen LogP contribution < -0.4 is 5.32 Å². The first-order valence-corrected chi connectivity index (χ1v) is 9.17. The Hall–Kier alpha value is -2.33. The van der Waals surface area contributed by atoms with Crippen molar-refractivity contribution in [1.82, 2.24) is 0 Å². The van der Waals surface area contributed by atoms with E-state index in [0.717, 1.165) is 30.4 Å². The van der Waals surface area contributed by atoms with Crippen molar-refractivity contribution < 1.29 is 14.3 Å². The number of fused-ring (bicyclic) bond motifs is 1. The van der Waals surface area contributed by atoms with Gasteiger partial charge >= 0.3 is 5.97 Å². The number of aryl methyl sites for hydroxylation is 4. The maximum absolute atomic E-state index is 12.2. The van der Waals surface area contributed by atoms with Gasteiger partial charge in [0.1, 0.15) is 0 Å². The van der Waals surface area contributed by atoms with E-state index in [1.807, 2.05) is 32.0 Å².